The SMILES string of the molecule is Nc1nc2ncn(C(CCO)COCP(=O)(O)O)c2c(=O)[nH]1. The fourth-order valence-electron chi connectivity index (χ4n) is 2.01. The van der Waals surface area contributed by atoms with E-state index in [0.717, 1.165) is 0 Å². The van der Waals surface area contributed by atoms with Gasteiger partial charge in [-0.3, -0.25) is 14.3 Å². The Kier molecular flexibility index (Phi) is 4.94. The van der Waals surface area contributed by atoms with E-state index in [2.05, 4.69) is 15.0 Å². The maximum atomic E-state index is 12.0. The number of aliphatic hydroxyl groups is 1. The number of anilines is 1. The van der Waals surface area contributed by atoms with E-state index in [0.29, 0.717) is 0 Å². The minimum atomic E-state index is -4.29. The van der Waals surface area contributed by atoms with Crippen LogP contribution in [0, 0.1) is 0 Å². The Morgan fingerprint density at radius 3 is 2.86 bits per heavy atom. The minimum Gasteiger partial charge on any atom is -0.396 e. The van der Waals surface area contributed by atoms with Gasteiger partial charge < -0.3 is 29.9 Å². The van der Waals surface area contributed by atoms with Gasteiger partial charge in [-0.1, -0.05) is 0 Å². The van der Waals surface area contributed by atoms with E-state index in [9.17, 15) is 9.36 Å². The summed E-state index contributed by atoms with van der Waals surface area (Å²) in [5.41, 5.74) is 5.21. The smallest absolute Gasteiger partial charge is 0.350 e. The van der Waals surface area contributed by atoms with Crippen LogP contribution in [0.15, 0.2) is 11.1 Å². The lowest BCUT2D eigenvalue weighted by atomic mass is 10.2. The molecule has 1 atom stereocenters. The third kappa shape index (κ3) is 3.90. The van der Waals surface area contributed by atoms with Gasteiger partial charge in [0.15, 0.2) is 11.2 Å². The molecule has 0 bridgehead atoms. The summed E-state index contributed by atoms with van der Waals surface area (Å²) in [6.45, 7) is -0.315. The molecule has 122 valence electrons. The molecule has 0 spiro atoms. The number of H-pyrrole nitrogens is 1. The molecule has 12 heteroatoms. The van der Waals surface area contributed by atoms with Gasteiger partial charge in [-0.05, 0) is 6.42 Å². The fourth-order valence-corrected chi connectivity index (χ4v) is 2.35. The minimum absolute atomic E-state index is 0.0702. The zero-order valence-electron chi connectivity index (χ0n) is 11.4. The largest absolute Gasteiger partial charge is 0.396 e. The molecular weight excluding hydrogens is 317 g/mol. The molecule has 2 aromatic rings. The van der Waals surface area contributed by atoms with Crippen LogP contribution in [-0.2, 0) is 9.30 Å². The summed E-state index contributed by atoms with van der Waals surface area (Å²) in [7, 11) is -4.29. The van der Waals surface area contributed by atoms with Crippen LogP contribution in [0.3, 0.4) is 0 Å². The molecule has 2 aromatic heterocycles. The predicted octanol–water partition coefficient (Wildman–Crippen LogP) is -1.22. The lowest BCUT2D eigenvalue weighted by molar-refractivity contribution is 0.112. The Labute approximate surface area is 123 Å². The van der Waals surface area contributed by atoms with E-state index >= 15 is 0 Å². The summed E-state index contributed by atoms with van der Waals surface area (Å²) in [6, 6.07) is -0.534. The topological polar surface area (TPSA) is 177 Å². The van der Waals surface area contributed by atoms with Crippen LogP contribution < -0.4 is 11.3 Å². The number of hydrogen-bond donors (Lipinski definition) is 5. The molecule has 0 radical (unpaired) electrons. The molecule has 11 nitrogen and oxygen atoms in total. The quantitative estimate of drug-likeness (QED) is 0.388. The summed E-state index contributed by atoms with van der Waals surface area (Å²) in [6.07, 6.45) is 0.799. The van der Waals surface area contributed by atoms with E-state index in [1.165, 1.54) is 10.9 Å². The third-order valence-electron chi connectivity index (χ3n) is 2.88. The average molecular weight is 333 g/mol. The lowest BCUT2D eigenvalue weighted by Gasteiger charge is -2.18. The molecule has 6 N–H and O–H groups in total. The summed E-state index contributed by atoms with van der Waals surface area (Å²) in [4.78, 5) is 39.7. The van der Waals surface area contributed by atoms with Crippen LogP contribution in [0.2, 0.25) is 0 Å². The fraction of sp³-hybridized carbons (Fsp3) is 0.500. The Balaban J connectivity index is 2.29. The highest BCUT2D eigenvalue weighted by Crippen LogP contribution is 2.34. The van der Waals surface area contributed by atoms with Crippen LogP contribution >= 0.6 is 7.60 Å². The van der Waals surface area contributed by atoms with Crippen molar-refractivity contribution < 1.29 is 24.2 Å². The molecule has 0 saturated heterocycles. The van der Waals surface area contributed by atoms with Crippen molar-refractivity contribution in [3.63, 3.8) is 0 Å². The molecule has 2 rings (SSSR count). The van der Waals surface area contributed by atoms with Gasteiger partial charge in [0, 0.05) is 6.61 Å². The molecule has 0 fully saturated rings. The number of nitrogen functional groups attached to an aromatic ring is 1. The Bertz CT molecular complexity index is 752. The standard InChI is InChI=1S/C10H16N5O6P/c11-10-13-8-7(9(17)14-10)15(4-12-8)6(1-2-16)3-21-5-22(18,19)20/h4,6,16H,1-3,5H2,(H2,18,19,20)(H3,11,13,14,17). The predicted molar refractivity (Wildman–Crippen MR) is 76.2 cm³/mol. The Morgan fingerprint density at radius 1 is 1.50 bits per heavy atom. The van der Waals surface area contributed by atoms with E-state index in [-0.39, 0.29) is 36.7 Å². The third-order valence-corrected chi connectivity index (χ3v) is 3.40. The number of nitrogens with zero attached hydrogens (tertiary/aromatic N) is 3. The van der Waals surface area contributed by atoms with Gasteiger partial charge in [0.05, 0.1) is 19.0 Å². The maximum Gasteiger partial charge on any atom is 0.350 e. The molecule has 2 heterocycles. The number of fused-ring (bicyclic) bond motifs is 1. The summed E-state index contributed by atoms with van der Waals surface area (Å²) in [5.74, 6) is -0.0702. The average Bonchev–Trinajstić information content (AvgIpc) is 2.80. The number of ether oxygens (including phenoxy) is 1. The van der Waals surface area contributed by atoms with Crippen molar-refractivity contribution in [2.45, 2.75) is 12.5 Å². The van der Waals surface area contributed by atoms with Gasteiger partial charge in [-0.25, -0.2) is 4.98 Å². The summed E-state index contributed by atoms with van der Waals surface area (Å²) in [5, 5.41) is 9.12. The zero-order valence-corrected chi connectivity index (χ0v) is 12.3. The van der Waals surface area contributed by atoms with Crippen molar-refractivity contribution in [3.05, 3.63) is 16.7 Å². The van der Waals surface area contributed by atoms with Crippen LogP contribution in [0.1, 0.15) is 12.5 Å². The number of aromatic nitrogens is 4. The van der Waals surface area contributed by atoms with Gasteiger partial charge in [0.1, 0.15) is 6.35 Å². The second kappa shape index (κ2) is 6.55. The first kappa shape index (κ1) is 16.6. The second-order valence-electron chi connectivity index (χ2n) is 4.61. The first-order valence-electron chi connectivity index (χ1n) is 6.27. The van der Waals surface area contributed by atoms with Crippen LogP contribution in [0.4, 0.5) is 5.95 Å². The van der Waals surface area contributed by atoms with E-state index in [1.807, 2.05) is 0 Å². The Morgan fingerprint density at radius 2 is 2.23 bits per heavy atom. The van der Waals surface area contributed by atoms with Crippen molar-refractivity contribution in [2.75, 3.05) is 25.3 Å². The van der Waals surface area contributed by atoms with Crippen LogP contribution in [-0.4, -0.2) is 54.0 Å². The first-order chi connectivity index (χ1) is 10.3. The lowest BCUT2D eigenvalue weighted by Crippen LogP contribution is -2.21. The van der Waals surface area contributed by atoms with Crippen molar-refractivity contribution >= 4 is 24.7 Å². The normalized spacial score (nSPS) is 13.6. The molecule has 0 aliphatic heterocycles. The Hall–Kier alpha value is -1.78. The summed E-state index contributed by atoms with van der Waals surface area (Å²) < 4.78 is 17.2. The van der Waals surface area contributed by atoms with Crippen molar-refractivity contribution in [1.29, 1.82) is 0 Å². The van der Waals surface area contributed by atoms with Crippen LogP contribution in [0.5, 0.6) is 0 Å². The molecule has 0 amide bonds. The number of nitrogens with one attached hydrogen (secondary N) is 1. The van der Waals surface area contributed by atoms with Crippen molar-refractivity contribution in [2.24, 2.45) is 0 Å². The van der Waals surface area contributed by atoms with E-state index < -0.39 is 25.5 Å². The first-order valence-corrected chi connectivity index (χ1v) is 8.07. The second-order valence-corrected chi connectivity index (χ2v) is 6.19. The molecular formula is C10H16N5O6P. The highest BCUT2D eigenvalue weighted by Gasteiger charge is 2.20. The number of aromatic amines is 1. The van der Waals surface area contributed by atoms with Crippen LogP contribution in [0.25, 0.3) is 11.2 Å². The van der Waals surface area contributed by atoms with Gasteiger partial charge in [0.2, 0.25) is 5.95 Å². The molecule has 0 aromatic carbocycles. The molecule has 0 saturated carbocycles. The summed E-state index contributed by atoms with van der Waals surface area (Å²) >= 11 is 0. The van der Waals surface area contributed by atoms with Gasteiger partial charge in [0.25, 0.3) is 5.56 Å². The van der Waals surface area contributed by atoms with Crippen molar-refractivity contribution in [3.8, 4) is 0 Å². The van der Waals surface area contributed by atoms with Crippen molar-refractivity contribution in [1.82, 2.24) is 19.5 Å². The van der Waals surface area contributed by atoms with Gasteiger partial charge in [-0.15, -0.1) is 0 Å². The van der Waals surface area contributed by atoms with E-state index in [1.54, 1.807) is 0 Å². The van der Waals surface area contributed by atoms with Gasteiger partial charge in [-0.2, -0.15) is 4.98 Å². The molecule has 22 heavy (non-hydrogen) atoms. The number of rotatable bonds is 7. The number of nitrogens with two attached hydrogens (primary N) is 1. The number of imidazole rings is 1. The maximum absolute atomic E-state index is 12.0. The molecule has 0 aliphatic carbocycles. The highest BCUT2D eigenvalue weighted by molar-refractivity contribution is 7.51. The number of aliphatic hydroxyl groups excluding tert-OH is 1. The monoisotopic (exact) mass is 333 g/mol. The highest BCUT2D eigenvalue weighted by atomic mass is 31.2. The number of hydrogen-bond acceptors (Lipinski definition) is 7. The van der Waals surface area contributed by atoms with Gasteiger partial charge >= 0.3 is 7.60 Å². The molecule has 0 aliphatic rings. The molecule has 1 unspecified atom stereocenters. The van der Waals surface area contributed by atoms with E-state index in [4.69, 9.17) is 25.4 Å². The zero-order chi connectivity index (χ0) is 16.3.